The first-order valence-corrected chi connectivity index (χ1v) is 6.71. The van der Waals surface area contributed by atoms with Gasteiger partial charge in [0, 0.05) is 6.54 Å². The molecule has 0 aromatic rings. The Morgan fingerprint density at radius 2 is 1.72 bits per heavy atom. The highest BCUT2D eigenvalue weighted by molar-refractivity contribution is 5.73. The van der Waals surface area contributed by atoms with Crippen molar-refractivity contribution in [2.75, 3.05) is 13.1 Å². The zero-order valence-corrected chi connectivity index (χ0v) is 11.4. The molecule has 0 aromatic carbocycles. The summed E-state index contributed by atoms with van der Waals surface area (Å²) < 4.78 is 0. The van der Waals surface area contributed by atoms with Crippen LogP contribution in [-0.2, 0) is 9.59 Å². The van der Waals surface area contributed by atoms with Crippen LogP contribution in [0.4, 0.5) is 0 Å². The number of unbranched alkanes of at least 4 members (excludes halogenated alkanes) is 3. The fourth-order valence-corrected chi connectivity index (χ4v) is 1.99. The lowest BCUT2D eigenvalue weighted by molar-refractivity contribution is -0.145. The number of aliphatic carboxylic acids is 2. The van der Waals surface area contributed by atoms with Gasteiger partial charge in [0.2, 0.25) is 0 Å². The smallest absolute Gasteiger partial charge is 0.320 e. The van der Waals surface area contributed by atoms with Crippen molar-refractivity contribution in [3.63, 3.8) is 0 Å². The summed E-state index contributed by atoms with van der Waals surface area (Å²) >= 11 is 0. The fourth-order valence-electron chi connectivity index (χ4n) is 1.99. The number of carboxylic acid groups (broad SMARTS) is 2. The van der Waals surface area contributed by atoms with Gasteiger partial charge in [0.05, 0.1) is 6.42 Å². The Hall–Kier alpha value is -1.10. The highest BCUT2D eigenvalue weighted by Gasteiger charge is 2.23. The quantitative estimate of drug-likeness (QED) is 0.556. The minimum absolute atomic E-state index is 0.00242. The maximum absolute atomic E-state index is 11.1. The van der Waals surface area contributed by atoms with Gasteiger partial charge in [-0.3, -0.25) is 14.5 Å². The standard InChI is InChI=1S/C13H25NO4/c1-3-5-6-7-9-14(10-8-12(15)16)11(4-2)13(17)18/h11H,3-10H2,1-2H3,(H,15,16)(H,17,18). The van der Waals surface area contributed by atoms with Gasteiger partial charge in [-0.1, -0.05) is 33.1 Å². The van der Waals surface area contributed by atoms with Crippen molar-refractivity contribution in [2.45, 2.75) is 58.4 Å². The van der Waals surface area contributed by atoms with E-state index in [0.29, 0.717) is 19.5 Å². The molecule has 2 N–H and O–H groups in total. The van der Waals surface area contributed by atoms with Crippen LogP contribution in [0.1, 0.15) is 52.4 Å². The molecule has 5 heteroatoms. The molecule has 18 heavy (non-hydrogen) atoms. The molecule has 5 nitrogen and oxygen atoms in total. The van der Waals surface area contributed by atoms with Gasteiger partial charge in [-0.2, -0.15) is 0 Å². The van der Waals surface area contributed by atoms with Crippen molar-refractivity contribution in [1.82, 2.24) is 4.90 Å². The monoisotopic (exact) mass is 259 g/mol. The van der Waals surface area contributed by atoms with Crippen LogP contribution in [0.25, 0.3) is 0 Å². The summed E-state index contributed by atoms with van der Waals surface area (Å²) in [5.74, 6) is -1.74. The number of hydrogen-bond donors (Lipinski definition) is 2. The van der Waals surface area contributed by atoms with E-state index in [1.165, 1.54) is 0 Å². The number of hydrogen-bond acceptors (Lipinski definition) is 3. The highest BCUT2D eigenvalue weighted by atomic mass is 16.4. The van der Waals surface area contributed by atoms with E-state index in [1.54, 1.807) is 4.90 Å². The Kier molecular flexibility index (Phi) is 9.28. The molecule has 0 aliphatic rings. The minimum Gasteiger partial charge on any atom is -0.481 e. The number of rotatable bonds is 11. The summed E-state index contributed by atoms with van der Waals surface area (Å²) in [5.41, 5.74) is 0. The molecule has 0 saturated carbocycles. The molecule has 0 fully saturated rings. The second-order valence-electron chi connectivity index (χ2n) is 4.50. The predicted molar refractivity (Wildman–Crippen MR) is 69.7 cm³/mol. The van der Waals surface area contributed by atoms with Crippen molar-refractivity contribution in [3.05, 3.63) is 0 Å². The van der Waals surface area contributed by atoms with Gasteiger partial charge in [-0.25, -0.2) is 0 Å². The topological polar surface area (TPSA) is 77.8 Å². The lowest BCUT2D eigenvalue weighted by Crippen LogP contribution is -2.42. The SMILES string of the molecule is CCCCCCN(CCC(=O)O)C(CC)C(=O)O. The van der Waals surface area contributed by atoms with Crippen LogP contribution in [-0.4, -0.2) is 46.2 Å². The van der Waals surface area contributed by atoms with E-state index >= 15 is 0 Å². The van der Waals surface area contributed by atoms with E-state index in [2.05, 4.69) is 6.92 Å². The van der Waals surface area contributed by atoms with Crippen LogP contribution in [0.15, 0.2) is 0 Å². The second-order valence-corrected chi connectivity index (χ2v) is 4.50. The van der Waals surface area contributed by atoms with E-state index in [-0.39, 0.29) is 6.42 Å². The van der Waals surface area contributed by atoms with Gasteiger partial charge >= 0.3 is 11.9 Å². The molecule has 1 unspecified atom stereocenters. The minimum atomic E-state index is -0.881. The predicted octanol–water partition coefficient (Wildman–Crippen LogP) is 2.21. The van der Waals surface area contributed by atoms with Crippen molar-refractivity contribution in [1.29, 1.82) is 0 Å². The third-order valence-electron chi connectivity index (χ3n) is 3.02. The zero-order valence-electron chi connectivity index (χ0n) is 11.4. The molecule has 0 radical (unpaired) electrons. The Bertz CT molecular complexity index is 255. The first kappa shape index (κ1) is 16.9. The summed E-state index contributed by atoms with van der Waals surface area (Å²) in [6.07, 6.45) is 4.76. The first-order valence-electron chi connectivity index (χ1n) is 6.71. The lowest BCUT2D eigenvalue weighted by Gasteiger charge is -2.27. The molecule has 0 aliphatic carbocycles. The Morgan fingerprint density at radius 3 is 2.17 bits per heavy atom. The third kappa shape index (κ3) is 7.27. The molecular formula is C13H25NO4. The Labute approximate surface area is 109 Å². The second kappa shape index (κ2) is 9.88. The largest absolute Gasteiger partial charge is 0.481 e. The van der Waals surface area contributed by atoms with E-state index in [4.69, 9.17) is 10.2 Å². The Morgan fingerprint density at radius 1 is 1.06 bits per heavy atom. The normalized spacial score (nSPS) is 12.6. The summed E-state index contributed by atoms with van der Waals surface area (Å²) in [7, 11) is 0. The average Bonchev–Trinajstić information content (AvgIpc) is 2.30. The van der Waals surface area contributed by atoms with Crippen LogP contribution in [0.5, 0.6) is 0 Å². The number of carbonyl (C=O) groups is 2. The molecule has 0 aromatic heterocycles. The van der Waals surface area contributed by atoms with Crippen LogP contribution in [0.2, 0.25) is 0 Å². The van der Waals surface area contributed by atoms with Crippen LogP contribution in [0.3, 0.4) is 0 Å². The molecule has 0 amide bonds. The number of carboxylic acids is 2. The summed E-state index contributed by atoms with van der Waals surface area (Å²) in [4.78, 5) is 23.5. The molecule has 0 bridgehead atoms. The maximum Gasteiger partial charge on any atom is 0.320 e. The fraction of sp³-hybridized carbons (Fsp3) is 0.846. The van der Waals surface area contributed by atoms with E-state index < -0.39 is 18.0 Å². The highest BCUT2D eigenvalue weighted by Crippen LogP contribution is 2.09. The molecule has 106 valence electrons. The van der Waals surface area contributed by atoms with Gasteiger partial charge in [0.15, 0.2) is 0 Å². The van der Waals surface area contributed by atoms with Gasteiger partial charge < -0.3 is 10.2 Å². The summed E-state index contributed by atoms with van der Waals surface area (Å²) in [6, 6.07) is -0.564. The summed E-state index contributed by atoms with van der Waals surface area (Å²) in [6.45, 7) is 4.91. The van der Waals surface area contributed by atoms with Crippen LogP contribution in [0, 0.1) is 0 Å². The zero-order chi connectivity index (χ0) is 14.0. The molecule has 0 aliphatic heterocycles. The van der Waals surface area contributed by atoms with Gasteiger partial charge in [0.25, 0.3) is 0 Å². The third-order valence-corrected chi connectivity index (χ3v) is 3.02. The molecular weight excluding hydrogens is 234 g/mol. The van der Waals surface area contributed by atoms with Crippen LogP contribution >= 0.6 is 0 Å². The maximum atomic E-state index is 11.1. The van der Waals surface area contributed by atoms with Gasteiger partial charge in [-0.15, -0.1) is 0 Å². The molecule has 1 atom stereocenters. The van der Waals surface area contributed by atoms with Crippen molar-refractivity contribution < 1.29 is 19.8 Å². The lowest BCUT2D eigenvalue weighted by atomic mass is 10.1. The van der Waals surface area contributed by atoms with Crippen molar-refractivity contribution >= 4 is 11.9 Å². The molecule has 0 rings (SSSR count). The molecule has 0 saturated heterocycles. The average molecular weight is 259 g/mol. The van der Waals surface area contributed by atoms with E-state index in [9.17, 15) is 9.59 Å². The summed E-state index contributed by atoms with van der Waals surface area (Å²) in [5, 5.41) is 17.8. The van der Waals surface area contributed by atoms with E-state index in [0.717, 1.165) is 25.7 Å². The van der Waals surface area contributed by atoms with Crippen molar-refractivity contribution in [2.24, 2.45) is 0 Å². The van der Waals surface area contributed by atoms with Crippen LogP contribution < -0.4 is 0 Å². The van der Waals surface area contributed by atoms with Gasteiger partial charge in [-0.05, 0) is 19.4 Å². The first-order chi connectivity index (χ1) is 8.52. The number of nitrogens with zero attached hydrogens (tertiary/aromatic N) is 1. The van der Waals surface area contributed by atoms with Gasteiger partial charge in [0.1, 0.15) is 6.04 Å². The van der Waals surface area contributed by atoms with E-state index in [1.807, 2.05) is 6.92 Å². The molecule has 0 heterocycles. The van der Waals surface area contributed by atoms with Crippen molar-refractivity contribution in [3.8, 4) is 0 Å². The Balaban J connectivity index is 4.30. The molecule has 0 spiro atoms.